The summed E-state index contributed by atoms with van der Waals surface area (Å²) in [4.78, 5) is 34.9. The molecule has 0 bridgehead atoms. The van der Waals surface area contributed by atoms with Gasteiger partial charge in [0.2, 0.25) is 0 Å². The topological polar surface area (TPSA) is 149 Å². The molecule has 10 nitrogen and oxygen atoms in total. The molecule has 0 aliphatic rings. The van der Waals surface area contributed by atoms with E-state index < -0.39 is 51.8 Å². The van der Waals surface area contributed by atoms with Crippen molar-refractivity contribution in [3.05, 3.63) is 72.9 Å². The Kier molecular flexibility index (Phi) is 37.8. The van der Waals surface area contributed by atoms with Crippen molar-refractivity contribution in [1.82, 2.24) is 0 Å². The van der Waals surface area contributed by atoms with E-state index in [-0.39, 0.29) is 19.4 Å². The smallest absolute Gasteiger partial charge is 0.462 e. The van der Waals surface area contributed by atoms with Gasteiger partial charge in [-0.3, -0.25) is 18.6 Å². The molecule has 0 fully saturated rings. The lowest BCUT2D eigenvalue weighted by Crippen LogP contribution is -2.29. The molecule has 0 amide bonds. The lowest BCUT2D eigenvalue weighted by molar-refractivity contribution is -0.161. The highest BCUT2D eigenvalue weighted by Crippen LogP contribution is 2.43. The molecular formula is C44H75O10P. The number of allylic oxidation sites excluding steroid dienone is 12. The summed E-state index contributed by atoms with van der Waals surface area (Å²) in [5.41, 5.74) is 0. The summed E-state index contributed by atoms with van der Waals surface area (Å²) in [6, 6.07) is 0. The molecule has 1 unspecified atom stereocenters. The first kappa shape index (κ1) is 52.4. The van der Waals surface area contributed by atoms with Crippen LogP contribution in [0.15, 0.2) is 72.9 Å². The van der Waals surface area contributed by atoms with Crippen LogP contribution in [-0.2, 0) is 32.7 Å². The molecule has 0 spiro atoms. The van der Waals surface area contributed by atoms with Gasteiger partial charge in [0.25, 0.3) is 0 Å². The molecule has 0 saturated heterocycles. The molecule has 0 aromatic rings. The summed E-state index contributed by atoms with van der Waals surface area (Å²) < 4.78 is 32.6. The lowest BCUT2D eigenvalue weighted by atomic mass is 10.1. The maximum atomic E-state index is 12.6. The van der Waals surface area contributed by atoms with Crippen LogP contribution in [0.1, 0.15) is 155 Å². The first-order valence-corrected chi connectivity index (χ1v) is 22.4. The van der Waals surface area contributed by atoms with Crippen molar-refractivity contribution in [3.8, 4) is 0 Å². The average Bonchev–Trinajstić information content (AvgIpc) is 3.17. The fraction of sp³-hybridized carbons (Fsp3) is 0.682. The third-order valence-corrected chi connectivity index (χ3v) is 9.30. The molecule has 0 heterocycles. The van der Waals surface area contributed by atoms with Crippen molar-refractivity contribution >= 4 is 19.8 Å². The summed E-state index contributed by atoms with van der Waals surface area (Å²) in [7, 11) is -4.63. The number of phosphoric ester groups is 1. The predicted octanol–water partition coefficient (Wildman–Crippen LogP) is 10.9. The van der Waals surface area contributed by atoms with Gasteiger partial charge < -0.3 is 24.6 Å². The van der Waals surface area contributed by atoms with E-state index in [9.17, 15) is 24.2 Å². The quantitative estimate of drug-likeness (QED) is 0.0239. The van der Waals surface area contributed by atoms with Crippen LogP contribution in [0.5, 0.6) is 0 Å². The number of hydrogen-bond donors (Lipinski definition) is 3. The maximum absolute atomic E-state index is 12.6. The molecule has 0 rings (SSSR count). The summed E-state index contributed by atoms with van der Waals surface area (Å²) in [5, 5.41) is 18.3. The van der Waals surface area contributed by atoms with Crippen molar-refractivity contribution in [2.75, 3.05) is 26.4 Å². The Morgan fingerprint density at radius 1 is 0.564 bits per heavy atom. The van der Waals surface area contributed by atoms with Crippen LogP contribution in [0, 0.1) is 0 Å². The monoisotopic (exact) mass is 795 g/mol. The molecule has 55 heavy (non-hydrogen) atoms. The maximum Gasteiger partial charge on any atom is 0.472 e. The number of phosphoric acid groups is 1. The van der Waals surface area contributed by atoms with Crippen molar-refractivity contribution in [2.24, 2.45) is 0 Å². The Morgan fingerprint density at radius 3 is 1.51 bits per heavy atom. The van der Waals surface area contributed by atoms with Crippen LogP contribution in [0.4, 0.5) is 0 Å². The summed E-state index contributed by atoms with van der Waals surface area (Å²) in [5.74, 6) is -0.977. The average molecular weight is 795 g/mol. The van der Waals surface area contributed by atoms with E-state index in [4.69, 9.17) is 19.1 Å². The van der Waals surface area contributed by atoms with E-state index in [1.165, 1.54) is 19.3 Å². The van der Waals surface area contributed by atoms with E-state index in [1.54, 1.807) is 0 Å². The van der Waals surface area contributed by atoms with E-state index in [1.807, 2.05) is 0 Å². The Labute approximate surface area is 333 Å². The van der Waals surface area contributed by atoms with Crippen LogP contribution < -0.4 is 0 Å². The van der Waals surface area contributed by atoms with Crippen molar-refractivity contribution in [3.63, 3.8) is 0 Å². The molecule has 0 saturated carbocycles. The SMILES string of the molecule is CCC=CCC=CCC=CCCCCCCCC(=O)OC[C@H](COP(=O)(O)OC[C@@H](O)CO)OC(=O)CCCCCCC=CCC=CCC=CCCCCC. The molecule has 0 aromatic carbocycles. The van der Waals surface area contributed by atoms with Gasteiger partial charge in [0.1, 0.15) is 12.7 Å². The first-order valence-electron chi connectivity index (χ1n) is 20.9. The van der Waals surface area contributed by atoms with Gasteiger partial charge in [0.05, 0.1) is 19.8 Å². The van der Waals surface area contributed by atoms with Crippen LogP contribution in [0.25, 0.3) is 0 Å². The lowest BCUT2D eigenvalue weighted by Gasteiger charge is -2.20. The molecule has 0 radical (unpaired) electrons. The number of unbranched alkanes of at least 4 members (excludes halogenated alkanes) is 12. The first-order chi connectivity index (χ1) is 26.7. The molecule has 0 aliphatic heterocycles. The van der Waals surface area contributed by atoms with Crippen LogP contribution in [-0.4, -0.2) is 65.7 Å². The summed E-state index contributed by atoms with van der Waals surface area (Å²) in [6.45, 7) is 2.17. The number of esters is 2. The Hall–Kier alpha value is -2.59. The summed E-state index contributed by atoms with van der Waals surface area (Å²) >= 11 is 0. The minimum atomic E-state index is -4.63. The van der Waals surface area contributed by atoms with Crippen LogP contribution in [0.2, 0.25) is 0 Å². The Bertz CT molecular complexity index is 1140. The normalized spacial score (nSPS) is 14.6. The third-order valence-electron chi connectivity index (χ3n) is 8.34. The van der Waals surface area contributed by atoms with Gasteiger partial charge in [0, 0.05) is 12.8 Å². The molecule has 316 valence electrons. The number of hydrogen-bond acceptors (Lipinski definition) is 9. The van der Waals surface area contributed by atoms with Crippen molar-refractivity contribution in [2.45, 2.75) is 167 Å². The second-order valence-electron chi connectivity index (χ2n) is 13.6. The fourth-order valence-corrected chi connectivity index (χ4v) is 5.92. The number of ether oxygens (including phenoxy) is 2. The predicted molar refractivity (Wildman–Crippen MR) is 223 cm³/mol. The number of aliphatic hydroxyl groups excluding tert-OH is 2. The standard InChI is InChI=1S/C44H75O10P/c1-3-5-7-9-11-13-15-17-19-20-22-24-26-28-30-32-34-36-44(48)54-42(40-53-55(49,50)52-38-41(46)37-45)39-51-43(47)35-33-31-29-27-25-23-21-18-16-14-12-10-8-6-4-2/h6,8,11-14,17-19,21-22,24,41-42,45-46H,3-5,7,9-10,15-16,20,23,25-40H2,1-2H3,(H,49,50)/t41-,42+/m0/s1. The van der Waals surface area contributed by atoms with Crippen LogP contribution in [0.3, 0.4) is 0 Å². The van der Waals surface area contributed by atoms with Crippen molar-refractivity contribution in [1.29, 1.82) is 0 Å². The number of aliphatic hydroxyl groups is 2. The minimum absolute atomic E-state index is 0.151. The molecule has 0 aromatic heterocycles. The molecule has 0 aliphatic carbocycles. The van der Waals surface area contributed by atoms with Gasteiger partial charge in [-0.1, -0.05) is 132 Å². The largest absolute Gasteiger partial charge is 0.472 e. The van der Waals surface area contributed by atoms with Crippen molar-refractivity contribution < 1.29 is 47.8 Å². The summed E-state index contributed by atoms with van der Waals surface area (Å²) in [6.07, 6.45) is 44.3. The van der Waals surface area contributed by atoms with Gasteiger partial charge in [-0.15, -0.1) is 0 Å². The Morgan fingerprint density at radius 2 is 1.00 bits per heavy atom. The van der Waals surface area contributed by atoms with Gasteiger partial charge in [-0.2, -0.15) is 0 Å². The second kappa shape index (κ2) is 39.6. The molecule has 11 heteroatoms. The van der Waals surface area contributed by atoms with Crippen LogP contribution >= 0.6 is 7.82 Å². The Balaban J connectivity index is 4.41. The number of rotatable bonds is 38. The molecule has 3 atom stereocenters. The zero-order chi connectivity index (χ0) is 40.5. The fourth-order valence-electron chi connectivity index (χ4n) is 5.13. The highest BCUT2D eigenvalue weighted by Gasteiger charge is 2.27. The molecule has 3 N–H and O–H groups in total. The third kappa shape index (κ3) is 39.4. The van der Waals surface area contributed by atoms with Gasteiger partial charge in [0.15, 0.2) is 6.10 Å². The van der Waals surface area contributed by atoms with E-state index >= 15 is 0 Å². The van der Waals surface area contributed by atoms with Gasteiger partial charge in [-0.05, 0) is 83.5 Å². The number of carbonyl (C=O) groups excluding carboxylic acids is 2. The highest BCUT2D eigenvalue weighted by atomic mass is 31.2. The zero-order valence-corrected chi connectivity index (χ0v) is 35.0. The zero-order valence-electron chi connectivity index (χ0n) is 34.1. The number of carbonyl (C=O) groups is 2. The van der Waals surface area contributed by atoms with Gasteiger partial charge >= 0.3 is 19.8 Å². The van der Waals surface area contributed by atoms with E-state index in [0.717, 1.165) is 96.3 Å². The van der Waals surface area contributed by atoms with E-state index in [0.29, 0.717) is 12.8 Å². The van der Waals surface area contributed by atoms with E-state index in [2.05, 4.69) is 91.3 Å². The second-order valence-corrected chi connectivity index (χ2v) is 15.1. The van der Waals surface area contributed by atoms with Gasteiger partial charge in [-0.25, -0.2) is 4.57 Å². The highest BCUT2D eigenvalue weighted by molar-refractivity contribution is 7.47. The molecular weight excluding hydrogens is 719 g/mol. The minimum Gasteiger partial charge on any atom is -0.462 e.